The normalized spacial score (nSPS) is 10.1. The summed E-state index contributed by atoms with van der Waals surface area (Å²) in [6.07, 6.45) is 1.07. The predicted octanol–water partition coefficient (Wildman–Crippen LogP) is 4.30. The highest BCUT2D eigenvalue weighted by Crippen LogP contribution is 2.21. The van der Waals surface area contributed by atoms with Crippen molar-refractivity contribution in [3.05, 3.63) is 59.7 Å². The zero-order valence-corrected chi connectivity index (χ0v) is 9.83. The van der Waals surface area contributed by atoms with E-state index in [0.717, 1.165) is 12.1 Å². The van der Waals surface area contributed by atoms with Crippen molar-refractivity contribution in [2.45, 2.75) is 20.3 Å². The van der Waals surface area contributed by atoms with Crippen LogP contribution in [0, 0.1) is 6.92 Å². The summed E-state index contributed by atoms with van der Waals surface area (Å²) >= 11 is 0. The summed E-state index contributed by atoms with van der Waals surface area (Å²) in [5.41, 5.74) is 4.98. The molecule has 0 bridgehead atoms. The molecule has 1 heteroatoms. The van der Waals surface area contributed by atoms with E-state index in [4.69, 9.17) is 0 Å². The van der Waals surface area contributed by atoms with Crippen LogP contribution >= 0.6 is 0 Å². The minimum absolute atomic E-state index is 1.07. The maximum atomic E-state index is 3.45. The summed E-state index contributed by atoms with van der Waals surface area (Å²) in [5.74, 6) is 0. The van der Waals surface area contributed by atoms with E-state index < -0.39 is 0 Å². The monoisotopic (exact) mass is 211 g/mol. The molecule has 1 N–H and O–H groups in total. The van der Waals surface area contributed by atoms with Gasteiger partial charge in [-0.3, -0.25) is 0 Å². The molecule has 0 atom stereocenters. The van der Waals surface area contributed by atoms with E-state index in [-0.39, 0.29) is 0 Å². The van der Waals surface area contributed by atoms with Gasteiger partial charge in [0.15, 0.2) is 0 Å². The van der Waals surface area contributed by atoms with Crippen molar-refractivity contribution in [2.24, 2.45) is 0 Å². The molecule has 16 heavy (non-hydrogen) atoms. The van der Waals surface area contributed by atoms with Crippen LogP contribution in [0.25, 0.3) is 0 Å². The minimum Gasteiger partial charge on any atom is -0.355 e. The second-order valence-electron chi connectivity index (χ2n) is 3.99. The van der Waals surface area contributed by atoms with Gasteiger partial charge in [-0.1, -0.05) is 37.3 Å². The molecule has 0 aliphatic carbocycles. The van der Waals surface area contributed by atoms with Crippen LogP contribution < -0.4 is 5.32 Å². The second-order valence-corrected chi connectivity index (χ2v) is 3.99. The summed E-state index contributed by atoms with van der Waals surface area (Å²) in [6.45, 7) is 4.31. The lowest BCUT2D eigenvalue weighted by atomic mass is 10.1. The van der Waals surface area contributed by atoms with Crippen LogP contribution in [-0.2, 0) is 6.42 Å². The highest BCUT2D eigenvalue weighted by atomic mass is 14.9. The summed E-state index contributed by atoms with van der Waals surface area (Å²) in [5, 5.41) is 3.45. The zero-order chi connectivity index (χ0) is 11.4. The fraction of sp³-hybridized carbons (Fsp3) is 0.200. The summed E-state index contributed by atoms with van der Waals surface area (Å²) < 4.78 is 0. The van der Waals surface area contributed by atoms with Gasteiger partial charge in [0.2, 0.25) is 0 Å². The number of anilines is 2. The maximum absolute atomic E-state index is 3.45. The number of para-hydroxylation sites is 1. The fourth-order valence-corrected chi connectivity index (χ4v) is 1.70. The van der Waals surface area contributed by atoms with Gasteiger partial charge < -0.3 is 5.32 Å². The molecule has 0 spiro atoms. The van der Waals surface area contributed by atoms with Gasteiger partial charge in [0.25, 0.3) is 0 Å². The van der Waals surface area contributed by atoms with Crippen molar-refractivity contribution in [3.63, 3.8) is 0 Å². The number of rotatable bonds is 3. The molecular weight excluding hydrogens is 194 g/mol. The van der Waals surface area contributed by atoms with Gasteiger partial charge in [-0.05, 0) is 42.7 Å². The van der Waals surface area contributed by atoms with Crippen LogP contribution in [0.15, 0.2) is 48.5 Å². The van der Waals surface area contributed by atoms with Gasteiger partial charge in [0, 0.05) is 11.4 Å². The van der Waals surface area contributed by atoms with E-state index in [2.05, 4.69) is 49.5 Å². The van der Waals surface area contributed by atoms with Crippen LogP contribution in [0.1, 0.15) is 18.1 Å². The topological polar surface area (TPSA) is 12.0 Å². The fourth-order valence-electron chi connectivity index (χ4n) is 1.70. The Morgan fingerprint density at radius 3 is 2.44 bits per heavy atom. The van der Waals surface area contributed by atoms with Gasteiger partial charge in [-0.2, -0.15) is 0 Å². The number of nitrogens with one attached hydrogen (secondary N) is 1. The van der Waals surface area contributed by atoms with Crippen molar-refractivity contribution >= 4 is 11.4 Å². The second kappa shape index (κ2) is 4.84. The van der Waals surface area contributed by atoms with Crippen molar-refractivity contribution in [1.82, 2.24) is 0 Å². The molecule has 0 aliphatic heterocycles. The largest absolute Gasteiger partial charge is 0.355 e. The quantitative estimate of drug-likeness (QED) is 0.798. The van der Waals surface area contributed by atoms with E-state index in [1.54, 1.807) is 0 Å². The Kier molecular flexibility index (Phi) is 3.25. The number of aryl methyl sites for hydroxylation is 2. The molecule has 0 amide bonds. The first-order valence-electron chi connectivity index (χ1n) is 5.71. The highest BCUT2D eigenvalue weighted by Gasteiger charge is 1.99. The van der Waals surface area contributed by atoms with E-state index in [9.17, 15) is 0 Å². The number of benzene rings is 2. The average molecular weight is 211 g/mol. The Bertz CT molecular complexity index is 460. The molecule has 2 aromatic rings. The lowest BCUT2D eigenvalue weighted by Crippen LogP contribution is -1.94. The summed E-state index contributed by atoms with van der Waals surface area (Å²) in [6, 6.07) is 16.9. The Labute approximate surface area is 97.1 Å². The van der Waals surface area contributed by atoms with Crippen LogP contribution in [0.2, 0.25) is 0 Å². The molecule has 82 valence electrons. The smallest absolute Gasteiger partial charge is 0.0416 e. The van der Waals surface area contributed by atoms with Gasteiger partial charge in [0.1, 0.15) is 0 Å². The molecule has 0 fully saturated rings. The minimum atomic E-state index is 1.07. The first-order valence-corrected chi connectivity index (χ1v) is 5.71. The molecule has 0 aromatic heterocycles. The van der Waals surface area contributed by atoms with E-state index in [1.807, 2.05) is 18.2 Å². The Hall–Kier alpha value is -1.76. The number of hydrogen-bond donors (Lipinski definition) is 1. The average Bonchev–Trinajstić information content (AvgIpc) is 2.33. The van der Waals surface area contributed by atoms with Crippen LogP contribution in [-0.4, -0.2) is 0 Å². The van der Waals surface area contributed by atoms with Gasteiger partial charge in [-0.15, -0.1) is 0 Å². The molecule has 0 saturated heterocycles. The first-order chi connectivity index (χ1) is 7.79. The molecule has 0 aliphatic rings. The van der Waals surface area contributed by atoms with Gasteiger partial charge in [0.05, 0.1) is 0 Å². The van der Waals surface area contributed by atoms with E-state index in [1.165, 1.54) is 16.8 Å². The van der Waals surface area contributed by atoms with Crippen molar-refractivity contribution in [3.8, 4) is 0 Å². The Morgan fingerprint density at radius 2 is 1.75 bits per heavy atom. The third-order valence-corrected chi connectivity index (χ3v) is 2.76. The van der Waals surface area contributed by atoms with E-state index >= 15 is 0 Å². The third kappa shape index (κ3) is 2.43. The van der Waals surface area contributed by atoms with Gasteiger partial charge >= 0.3 is 0 Å². The van der Waals surface area contributed by atoms with Crippen molar-refractivity contribution < 1.29 is 0 Å². The van der Waals surface area contributed by atoms with Crippen LogP contribution in [0.4, 0.5) is 11.4 Å². The standard InChI is InChI=1S/C15H17N/c1-3-13-10-9-12(2)15(11-13)16-14-7-5-4-6-8-14/h4-11,16H,3H2,1-2H3. The summed E-state index contributed by atoms with van der Waals surface area (Å²) in [4.78, 5) is 0. The Balaban J connectivity index is 2.27. The first kappa shape index (κ1) is 10.7. The zero-order valence-electron chi connectivity index (χ0n) is 9.83. The maximum Gasteiger partial charge on any atom is 0.0416 e. The van der Waals surface area contributed by atoms with Crippen LogP contribution in [0.5, 0.6) is 0 Å². The lowest BCUT2D eigenvalue weighted by molar-refractivity contribution is 1.14. The molecule has 0 saturated carbocycles. The summed E-state index contributed by atoms with van der Waals surface area (Å²) in [7, 11) is 0. The Morgan fingerprint density at radius 1 is 1.00 bits per heavy atom. The third-order valence-electron chi connectivity index (χ3n) is 2.76. The predicted molar refractivity (Wildman–Crippen MR) is 70.3 cm³/mol. The molecular formula is C15H17N. The van der Waals surface area contributed by atoms with Crippen LogP contribution in [0.3, 0.4) is 0 Å². The molecule has 0 unspecified atom stereocenters. The number of hydrogen-bond acceptors (Lipinski definition) is 1. The van der Waals surface area contributed by atoms with Crippen molar-refractivity contribution in [1.29, 1.82) is 0 Å². The molecule has 2 rings (SSSR count). The molecule has 2 aromatic carbocycles. The molecule has 0 radical (unpaired) electrons. The SMILES string of the molecule is CCc1ccc(C)c(Nc2ccccc2)c1. The highest BCUT2D eigenvalue weighted by molar-refractivity contribution is 5.63. The van der Waals surface area contributed by atoms with Gasteiger partial charge in [-0.25, -0.2) is 0 Å². The molecule has 1 nitrogen and oxygen atoms in total. The van der Waals surface area contributed by atoms with Crippen molar-refractivity contribution in [2.75, 3.05) is 5.32 Å². The lowest BCUT2D eigenvalue weighted by Gasteiger charge is -2.10. The molecule has 0 heterocycles. The van der Waals surface area contributed by atoms with E-state index in [0.29, 0.717) is 0 Å².